The summed E-state index contributed by atoms with van der Waals surface area (Å²) in [5.74, 6) is -5.41. The van der Waals surface area contributed by atoms with E-state index >= 15 is 4.79 Å². The second kappa shape index (κ2) is 31.5. The molecule has 0 spiro atoms. The van der Waals surface area contributed by atoms with Gasteiger partial charge in [-0.2, -0.15) is 0 Å². The minimum atomic E-state index is -1.71. The van der Waals surface area contributed by atoms with Crippen molar-refractivity contribution >= 4 is 74.8 Å². The first kappa shape index (κ1) is 71.4. The topological polar surface area (TPSA) is 304 Å². The number of nitrogens with one attached hydrogen (secondary N) is 7. The lowest BCUT2D eigenvalue weighted by molar-refractivity contribution is -0.156. The maximum Gasteiger partial charge on any atom is 0.308 e. The molecule has 2 fully saturated rings. The van der Waals surface area contributed by atoms with Crippen LogP contribution in [0.25, 0.3) is 0 Å². The Kier molecular flexibility index (Phi) is 26.5. The molecule has 2 aliphatic rings. The summed E-state index contributed by atoms with van der Waals surface area (Å²) in [5.41, 5.74) is 4.63. The van der Waals surface area contributed by atoms with Gasteiger partial charge in [0.15, 0.2) is 0 Å². The Bertz CT molecular complexity index is 2610. The third-order valence-electron chi connectivity index (χ3n) is 12.8. The number of amides is 8. The maximum absolute atomic E-state index is 15.0. The largest absolute Gasteiger partial charge is 0.488 e. The number of hydrogen-bond donors (Lipinski definition) is 8. The maximum atomic E-state index is 15.0. The van der Waals surface area contributed by atoms with E-state index in [2.05, 4.69) is 37.2 Å². The average Bonchev–Trinajstić information content (AvgIpc) is 3.30. The zero-order valence-electron chi connectivity index (χ0n) is 52.6. The number of ether oxygens (including phenoxy) is 4. The van der Waals surface area contributed by atoms with Crippen LogP contribution < -0.4 is 52.4 Å². The number of carbonyl (C=O) groups is 9. The highest BCUT2D eigenvalue weighted by Gasteiger charge is 2.40. The van der Waals surface area contributed by atoms with Crippen LogP contribution in [-0.4, -0.2) is 160 Å². The van der Waals surface area contributed by atoms with E-state index in [0.717, 1.165) is 0 Å². The molecule has 0 saturated carbocycles. The van der Waals surface area contributed by atoms with Crippen LogP contribution in [0.3, 0.4) is 0 Å². The van der Waals surface area contributed by atoms with Crippen LogP contribution in [0.15, 0.2) is 48.5 Å². The number of rotatable bonds is 15. The Labute approximate surface area is 510 Å². The predicted octanol–water partition coefficient (Wildman–Crippen LogP) is 4.57. The second-order valence-electron chi connectivity index (χ2n) is 26.3. The fourth-order valence-electron chi connectivity index (χ4n) is 9.31. The summed E-state index contributed by atoms with van der Waals surface area (Å²) in [4.78, 5) is 130. The Morgan fingerprint density at radius 3 is 1.66 bits per heavy atom. The normalized spacial score (nSPS) is 23.2. The molecule has 8 amide bonds. The molecule has 9 atom stereocenters. The molecule has 0 aromatic heterocycles. The van der Waals surface area contributed by atoms with E-state index in [9.17, 15) is 38.4 Å². The number of esters is 1. The third kappa shape index (κ3) is 25.8. The molecule has 22 nitrogen and oxygen atoms in total. The standard InChI is InChI=1S/C61H95N9O13S2/c1-35(2)28-42(62)57(79)70-27-17-18-47(70)55(77)68-46-34-85-84-33-36(3)64-56(78)50(37(4)80-58(5,6)7)69-48(71)32-63-51(73)43(29-38-19-23-40(24-20-38)81-59(8,9)10)65-52(74)44(30-39-21-25-41(26-22-39)82-60(11,12)13)66-53(75)45(67-54(46)76)31-49(72)83-61(14,15)16/h19-26,35-37,42-47,50H,17-18,27-34,62H2,1-16H3,(H,63,73)(H,64,78)(H,65,74)(H,66,75)(H,67,76)(H,68,77)(H,69,71)/t36-,37?,42+,43+,44+,45+,46+,47+,50+/m1/s1. The van der Waals surface area contributed by atoms with E-state index in [1.807, 2.05) is 55.4 Å². The fourth-order valence-corrected chi connectivity index (χ4v) is 11.8. The monoisotopic (exact) mass is 1230 g/mol. The average molecular weight is 1230 g/mol. The smallest absolute Gasteiger partial charge is 0.308 e. The van der Waals surface area contributed by atoms with Crippen molar-refractivity contribution in [3.63, 3.8) is 0 Å². The van der Waals surface area contributed by atoms with Gasteiger partial charge in [0.1, 0.15) is 64.6 Å². The first-order valence-corrected chi connectivity index (χ1v) is 31.7. The molecule has 0 bridgehead atoms. The molecule has 2 aromatic rings. The van der Waals surface area contributed by atoms with Gasteiger partial charge in [0, 0.05) is 36.9 Å². The Morgan fingerprint density at radius 1 is 0.647 bits per heavy atom. The molecule has 0 aliphatic carbocycles. The van der Waals surface area contributed by atoms with E-state index in [4.69, 9.17) is 24.7 Å². The highest BCUT2D eigenvalue weighted by Crippen LogP contribution is 2.26. The van der Waals surface area contributed by atoms with Crippen LogP contribution in [0.5, 0.6) is 11.5 Å². The van der Waals surface area contributed by atoms with Crippen molar-refractivity contribution in [1.82, 2.24) is 42.1 Å². The van der Waals surface area contributed by atoms with Crippen LogP contribution in [0.1, 0.15) is 148 Å². The number of carbonyl (C=O) groups excluding carboxylic acids is 9. The molecule has 2 aromatic carbocycles. The first-order chi connectivity index (χ1) is 39.3. The minimum absolute atomic E-state index is 0.105. The van der Waals surface area contributed by atoms with Gasteiger partial charge in [-0.25, -0.2) is 0 Å². The predicted molar refractivity (Wildman–Crippen MR) is 329 cm³/mol. The quantitative estimate of drug-likeness (QED) is 0.0895. The Balaban J connectivity index is 1.86. The lowest BCUT2D eigenvalue weighted by Gasteiger charge is -2.31. The van der Waals surface area contributed by atoms with Gasteiger partial charge in [0.25, 0.3) is 0 Å². The van der Waals surface area contributed by atoms with E-state index in [0.29, 0.717) is 41.9 Å². The molecule has 4 rings (SSSR count). The third-order valence-corrected chi connectivity index (χ3v) is 15.4. The van der Waals surface area contributed by atoms with E-state index in [1.54, 1.807) is 104 Å². The van der Waals surface area contributed by atoms with Crippen molar-refractivity contribution in [1.29, 1.82) is 0 Å². The highest BCUT2D eigenvalue weighted by molar-refractivity contribution is 8.76. The molecule has 2 saturated heterocycles. The van der Waals surface area contributed by atoms with Crippen LogP contribution >= 0.6 is 21.6 Å². The SMILES string of the molecule is CC(C)C[C@H](N)C(=O)N1CCC[C@H]1C(=O)N[C@H]1CSSC[C@@H](C)NC(=O)[C@H](C(C)OC(C)(C)C)NC(=O)CNC(=O)[C@H](Cc2ccc(OC(C)(C)C)cc2)NC(=O)[C@H](Cc2ccc(OC(C)(C)C)cc2)NC(=O)[C@H](CC(=O)OC(C)(C)C)NC1=O. The fraction of sp³-hybridized carbons (Fsp3) is 0.656. The lowest BCUT2D eigenvalue weighted by Crippen LogP contribution is -2.60. The van der Waals surface area contributed by atoms with Gasteiger partial charge in [-0.15, -0.1) is 0 Å². The summed E-state index contributed by atoms with van der Waals surface area (Å²) >= 11 is 0. The van der Waals surface area contributed by atoms with Gasteiger partial charge in [0.2, 0.25) is 47.3 Å². The molecule has 1 unspecified atom stereocenters. The summed E-state index contributed by atoms with van der Waals surface area (Å²) in [6, 6.07) is 4.11. The summed E-state index contributed by atoms with van der Waals surface area (Å²) in [6.07, 6.45) is -0.704. The first-order valence-electron chi connectivity index (χ1n) is 29.2. The molecule has 474 valence electrons. The van der Waals surface area contributed by atoms with Crippen LogP contribution in [0.4, 0.5) is 0 Å². The number of nitrogens with two attached hydrogens (primary N) is 1. The summed E-state index contributed by atoms with van der Waals surface area (Å²) in [5, 5.41) is 19.3. The van der Waals surface area contributed by atoms with Crippen molar-refractivity contribution in [2.45, 2.75) is 226 Å². The summed E-state index contributed by atoms with van der Waals surface area (Å²) in [6.45, 7) is 28.6. The minimum Gasteiger partial charge on any atom is -0.488 e. The highest BCUT2D eigenvalue weighted by atomic mass is 33.1. The molecular formula is C61H95N9O13S2. The van der Waals surface area contributed by atoms with Crippen LogP contribution in [-0.2, 0) is 65.5 Å². The zero-order valence-corrected chi connectivity index (χ0v) is 54.2. The van der Waals surface area contributed by atoms with Crippen molar-refractivity contribution in [2.24, 2.45) is 11.7 Å². The summed E-state index contributed by atoms with van der Waals surface area (Å²) < 4.78 is 23.9. The molecule has 2 heterocycles. The molecular weight excluding hydrogens is 1130 g/mol. The lowest BCUT2D eigenvalue weighted by atomic mass is 10.0. The van der Waals surface area contributed by atoms with E-state index in [1.165, 1.54) is 26.5 Å². The van der Waals surface area contributed by atoms with Gasteiger partial charge in [-0.1, -0.05) is 59.7 Å². The van der Waals surface area contributed by atoms with E-state index < -0.39 is 143 Å². The molecule has 0 radical (unpaired) electrons. The van der Waals surface area contributed by atoms with Crippen molar-refractivity contribution in [3.8, 4) is 11.5 Å². The zero-order chi connectivity index (χ0) is 63.8. The van der Waals surface area contributed by atoms with E-state index in [-0.39, 0.29) is 36.8 Å². The van der Waals surface area contributed by atoms with Gasteiger partial charge >= 0.3 is 5.97 Å². The molecule has 85 heavy (non-hydrogen) atoms. The number of likely N-dealkylation sites (tertiary alicyclic amines) is 1. The molecule has 9 N–H and O–H groups in total. The van der Waals surface area contributed by atoms with Gasteiger partial charge in [-0.05, 0) is 158 Å². The van der Waals surface area contributed by atoms with Gasteiger partial charge < -0.3 is 66.8 Å². The Hall–Kier alpha value is -6.11. The van der Waals surface area contributed by atoms with Gasteiger partial charge in [-0.3, -0.25) is 43.2 Å². The second-order valence-corrected chi connectivity index (χ2v) is 28.8. The molecule has 2 aliphatic heterocycles. The van der Waals surface area contributed by atoms with Crippen LogP contribution in [0, 0.1) is 5.92 Å². The van der Waals surface area contributed by atoms with Crippen molar-refractivity contribution in [3.05, 3.63) is 59.7 Å². The Morgan fingerprint density at radius 2 is 1.15 bits per heavy atom. The number of nitrogens with zero attached hydrogens (tertiary/aromatic N) is 1. The number of hydrogen-bond acceptors (Lipinski definition) is 16. The molecule has 24 heteroatoms. The number of benzene rings is 2. The van der Waals surface area contributed by atoms with Crippen molar-refractivity contribution < 1.29 is 62.1 Å². The summed E-state index contributed by atoms with van der Waals surface area (Å²) in [7, 11) is 2.43. The van der Waals surface area contributed by atoms with Gasteiger partial charge in [0.05, 0.1) is 30.7 Å². The van der Waals surface area contributed by atoms with Crippen LogP contribution in [0.2, 0.25) is 0 Å². The van der Waals surface area contributed by atoms with Crippen molar-refractivity contribution in [2.75, 3.05) is 24.6 Å².